The van der Waals surface area contributed by atoms with Gasteiger partial charge in [0.1, 0.15) is 12.6 Å². The number of fused-ring (bicyclic) bond motifs is 3. The molecule has 0 N–H and O–H groups in total. The molecule has 0 saturated carbocycles. The number of aromatic nitrogens is 2. The van der Waals surface area contributed by atoms with Gasteiger partial charge in [0.2, 0.25) is 5.69 Å². The third-order valence-corrected chi connectivity index (χ3v) is 4.52. The summed E-state index contributed by atoms with van der Waals surface area (Å²) in [6.45, 7) is 1.77. The first-order valence-electron chi connectivity index (χ1n) is 9.54. The van der Waals surface area contributed by atoms with E-state index in [1.807, 2.05) is 55.1 Å². The van der Waals surface area contributed by atoms with Crippen molar-refractivity contribution in [2.24, 2.45) is 7.05 Å². The molecule has 3 heterocycles. The molecule has 0 amide bonds. The fraction of sp³-hybridized carbons (Fsp3) is 0.238. The van der Waals surface area contributed by atoms with Gasteiger partial charge in [0.25, 0.3) is 0 Å². The van der Waals surface area contributed by atoms with Crippen LogP contribution in [-0.4, -0.2) is 4.98 Å². The maximum atomic E-state index is 7.67. The fourth-order valence-corrected chi connectivity index (χ4v) is 3.22. The second-order valence-corrected chi connectivity index (χ2v) is 6.27. The Morgan fingerprint density at radius 2 is 2.08 bits per heavy atom. The first kappa shape index (κ1) is 11.8. The molecule has 0 radical (unpaired) electrons. The first-order chi connectivity index (χ1) is 12.8. The second kappa shape index (κ2) is 5.45. The van der Waals surface area contributed by atoms with Gasteiger partial charge in [0, 0.05) is 27.3 Å². The molecule has 0 saturated heterocycles. The van der Waals surface area contributed by atoms with Gasteiger partial charge in [-0.2, -0.15) is 0 Å². The summed E-state index contributed by atoms with van der Waals surface area (Å²) < 4.78 is 31.1. The molecule has 0 fully saturated rings. The van der Waals surface area contributed by atoms with Crippen LogP contribution in [0.5, 0.6) is 0 Å². The number of nitrogens with zero attached hydrogens (tertiary/aromatic N) is 2. The van der Waals surface area contributed by atoms with Crippen LogP contribution in [0, 0.1) is 6.92 Å². The van der Waals surface area contributed by atoms with Gasteiger partial charge in [-0.25, -0.2) is 4.57 Å². The molecule has 0 spiro atoms. The molecule has 4 aromatic rings. The summed E-state index contributed by atoms with van der Waals surface area (Å²) in [5, 5.41) is 0.978. The molecule has 1 unspecified atom stereocenters. The van der Waals surface area contributed by atoms with E-state index in [0.717, 1.165) is 44.5 Å². The van der Waals surface area contributed by atoms with Gasteiger partial charge < -0.3 is 4.42 Å². The van der Waals surface area contributed by atoms with E-state index in [1.165, 1.54) is 0 Å². The quantitative estimate of drug-likeness (QED) is 0.491. The minimum Gasteiger partial charge on any atom is -0.453 e. The maximum absolute atomic E-state index is 7.67. The van der Waals surface area contributed by atoms with Crippen LogP contribution in [0.25, 0.3) is 33.3 Å². The molecule has 24 heavy (non-hydrogen) atoms. The summed E-state index contributed by atoms with van der Waals surface area (Å²) in [5.41, 5.74) is 6.26. The van der Waals surface area contributed by atoms with Crippen molar-refractivity contribution in [3.63, 3.8) is 0 Å². The van der Waals surface area contributed by atoms with E-state index in [2.05, 4.69) is 11.1 Å². The molecule has 0 aliphatic rings. The molecule has 120 valence electrons. The van der Waals surface area contributed by atoms with Crippen molar-refractivity contribution in [2.45, 2.75) is 26.6 Å². The van der Waals surface area contributed by atoms with Gasteiger partial charge in [-0.3, -0.25) is 4.98 Å². The van der Waals surface area contributed by atoms with Crippen LogP contribution in [0.15, 0.2) is 53.2 Å². The van der Waals surface area contributed by atoms with E-state index in [-0.39, 0.29) is 0 Å². The topological polar surface area (TPSA) is 29.9 Å². The summed E-state index contributed by atoms with van der Waals surface area (Å²) in [4.78, 5) is 4.46. The highest BCUT2D eigenvalue weighted by molar-refractivity contribution is 6.07. The highest BCUT2D eigenvalue weighted by Crippen LogP contribution is 2.35. The predicted octanol–water partition coefficient (Wildman–Crippen LogP) is 4.90. The number of hydrogen-bond donors (Lipinski definition) is 0. The standard InChI is InChI=1S/C21H21N2O/c1-13(2)15-8-10-17(23(4)12-15)19-14(3)7-9-16-20-18(24-21(16)19)6-5-11-22-20/h5-13H,1-4H3/q+1/i1D3. The summed E-state index contributed by atoms with van der Waals surface area (Å²) >= 11 is 0. The number of rotatable bonds is 2. The fourth-order valence-electron chi connectivity index (χ4n) is 3.22. The molecule has 3 heteroatoms. The number of hydrogen-bond acceptors (Lipinski definition) is 2. The van der Waals surface area contributed by atoms with E-state index < -0.39 is 12.8 Å². The molecule has 1 aromatic carbocycles. The summed E-state index contributed by atoms with van der Waals surface area (Å²) in [6.07, 6.45) is 3.66. The third kappa shape index (κ3) is 2.20. The average molecular weight is 320 g/mol. The average Bonchev–Trinajstić information content (AvgIpc) is 2.99. The van der Waals surface area contributed by atoms with Crippen molar-refractivity contribution in [1.82, 2.24) is 4.98 Å². The molecule has 0 aliphatic heterocycles. The molecule has 1 atom stereocenters. The Balaban J connectivity index is 1.93. The lowest BCUT2D eigenvalue weighted by Crippen LogP contribution is -2.31. The largest absolute Gasteiger partial charge is 0.453 e. The van der Waals surface area contributed by atoms with Gasteiger partial charge in [-0.15, -0.1) is 0 Å². The molecule has 3 aromatic heterocycles. The van der Waals surface area contributed by atoms with Crippen LogP contribution >= 0.6 is 0 Å². The van der Waals surface area contributed by atoms with E-state index >= 15 is 0 Å². The Morgan fingerprint density at radius 3 is 2.88 bits per heavy atom. The zero-order chi connectivity index (χ0) is 19.3. The lowest BCUT2D eigenvalue weighted by atomic mass is 9.99. The lowest BCUT2D eigenvalue weighted by Gasteiger charge is -2.08. The van der Waals surface area contributed by atoms with Gasteiger partial charge >= 0.3 is 0 Å². The Labute approximate surface area is 145 Å². The van der Waals surface area contributed by atoms with Crippen molar-refractivity contribution in [3.8, 4) is 11.3 Å². The second-order valence-electron chi connectivity index (χ2n) is 6.27. The Bertz CT molecular complexity index is 1160. The predicted molar refractivity (Wildman–Crippen MR) is 97.0 cm³/mol. The van der Waals surface area contributed by atoms with Crippen LogP contribution in [0.4, 0.5) is 0 Å². The van der Waals surface area contributed by atoms with Gasteiger partial charge in [-0.05, 0) is 42.7 Å². The molecule has 4 rings (SSSR count). The van der Waals surface area contributed by atoms with Crippen molar-refractivity contribution < 1.29 is 13.1 Å². The smallest absolute Gasteiger partial charge is 0.216 e. The SMILES string of the molecule is [2H]C([2H])([2H])C(C)c1ccc(-c2c(C)ccc3c2oc2cccnc23)[n+](C)c1. The summed E-state index contributed by atoms with van der Waals surface area (Å²) in [6, 6.07) is 11.8. The first-order valence-corrected chi connectivity index (χ1v) is 8.04. The van der Waals surface area contributed by atoms with Crippen molar-refractivity contribution in [3.05, 3.63) is 59.9 Å². The van der Waals surface area contributed by atoms with Crippen molar-refractivity contribution in [2.75, 3.05) is 0 Å². The highest BCUT2D eigenvalue weighted by atomic mass is 16.3. The summed E-state index contributed by atoms with van der Waals surface area (Å²) in [7, 11) is 1.93. The lowest BCUT2D eigenvalue weighted by molar-refractivity contribution is -0.660. The van der Waals surface area contributed by atoms with Crippen LogP contribution in [0.3, 0.4) is 0 Å². The van der Waals surface area contributed by atoms with Crippen LogP contribution in [0.1, 0.15) is 34.9 Å². The minimum absolute atomic E-state index is 0.523. The van der Waals surface area contributed by atoms with E-state index in [9.17, 15) is 0 Å². The van der Waals surface area contributed by atoms with Crippen LogP contribution in [-0.2, 0) is 7.05 Å². The van der Waals surface area contributed by atoms with E-state index in [0.29, 0.717) is 0 Å². The number of benzene rings is 1. The Morgan fingerprint density at radius 1 is 1.21 bits per heavy atom. The molecule has 0 aliphatic carbocycles. The Kier molecular flexibility index (Phi) is 2.68. The highest BCUT2D eigenvalue weighted by Gasteiger charge is 2.21. The molecule has 0 bridgehead atoms. The summed E-state index contributed by atoms with van der Waals surface area (Å²) in [5.74, 6) is -0.523. The molecular weight excluding hydrogens is 296 g/mol. The zero-order valence-corrected chi connectivity index (χ0v) is 14.0. The maximum Gasteiger partial charge on any atom is 0.216 e. The van der Waals surface area contributed by atoms with Crippen molar-refractivity contribution >= 4 is 22.1 Å². The van der Waals surface area contributed by atoms with E-state index in [4.69, 9.17) is 8.53 Å². The van der Waals surface area contributed by atoms with Gasteiger partial charge in [-0.1, -0.05) is 19.8 Å². The molecule has 3 nitrogen and oxygen atoms in total. The van der Waals surface area contributed by atoms with Crippen molar-refractivity contribution in [1.29, 1.82) is 0 Å². The minimum atomic E-state index is -2.02. The third-order valence-electron chi connectivity index (χ3n) is 4.52. The zero-order valence-electron chi connectivity index (χ0n) is 17.0. The monoisotopic (exact) mass is 320 g/mol. The van der Waals surface area contributed by atoms with Crippen LogP contribution in [0.2, 0.25) is 0 Å². The van der Waals surface area contributed by atoms with Gasteiger partial charge in [0.05, 0.1) is 5.56 Å². The van der Waals surface area contributed by atoms with E-state index in [1.54, 1.807) is 13.1 Å². The number of furan rings is 1. The molecular formula is C21H21N2O+. The number of pyridine rings is 2. The van der Waals surface area contributed by atoms with Crippen LogP contribution < -0.4 is 4.57 Å². The van der Waals surface area contributed by atoms with Gasteiger partial charge in [0.15, 0.2) is 17.4 Å². The normalized spacial score (nSPS) is 15.2. The Hall–Kier alpha value is -2.68. The number of aryl methyl sites for hydroxylation is 2.